The van der Waals surface area contributed by atoms with Crippen molar-refractivity contribution >= 4 is 21.6 Å². The summed E-state index contributed by atoms with van der Waals surface area (Å²) in [4.78, 5) is 2.35. The summed E-state index contributed by atoms with van der Waals surface area (Å²) in [5, 5.41) is 0. The normalized spacial score (nSPS) is 13.4. The number of nitrogens with zero attached hydrogens (tertiary/aromatic N) is 1. The SMILES string of the molecule is CC(C)C(C)N(C)Cc1cc(N)cc(Br)c1. The molecule has 0 aliphatic heterocycles. The van der Waals surface area contributed by atoms with Gasteiger partial charge in [0.2, 0.25) is 0 Å². The molecule has 1 atom stereocenters. The van der Waals surface area contributed by atoms with Crippen molar-refractivity contribution in [2.45, 2.75) is 33.4 Å². The zero-order valence-electron chi connectivity index (χ0n) is 10.5. The first-order valence-corrected chi connectivity index (χ1v) is 6.44. The smallest absolute Gasteiger partial charge is 0.0328 e. The summed E-state index contributed by atoms with van der Waals surface area (Å²) in [7, 11) is 2.15. The summed E-state index contributed by atoms with van der Waals surface area (Å²) in [5.41, 5.74) is 7.89. The maximum Gasteiger partial charge on any atom is 0.0328 e. The van der Waals surface area contributed by atoms with Crippen molar-refractivity contribution in [3.8, 4) is 0 Å². The Hall–Kier alpha value is -0.540. The van der Waals surface area contributed by atoms with E-state index < -0.39 is 0 Å². The van der Waals surface area contributed by atoms with Crippen LogP contribution in [0.1, 0.15) is 26.3 Å². The summed E-state index contributed by atoms with van der Waals surface area (Å²) in [5.74, 6) is 0.662. The fraction of sp³-hybridized carbons (Fsp3) is 0.538. The second-order valence-electron chi connectivity index (χ2n) is 4.79. The van der Waals surface area contributed by atoms with E-state index in [1.165, 1.54) is 5.56 Å². The number of halogens is 1. The third-order valence-electron chi connectivity index (χ3n) is 3.07. The summed E-state index contributed by atoms with van der Waals surface area (Å²) in [6.45, 7) is 7.68. The lowest BCUT2D eigenvalue weighted by Crippen LogP contribution is -2.32. The molecule has 0 spiro atoms. The number of nitrogens with two attached hydrogens (primary N) is 1. The Balaban J connectivity index is 2.72. The van der Waals surface area contributed by atoms with Gasteiger partial charge in [-0.2, -0.15) is 0 Å². The second kappa shape index (κ2) is 5.69. The van der Waals surface area contributed by atoms with Crippen molar-refractivity contribution in [3.05, 3.63) is 28.2 Å². The fourth-order valence-corrected chi connectivity index (χ4v) is 2.27. The van der Waals surface area contributed by atoms with Crippen LogP contribution in [-0.4, -0.2) is 18.0 Å². The Morgan fingerprint density at radius 1 is 1.25 bits per heavy atom. The average molecular weight is 285 g/mol. The number of benzene rings is 1. The first-order valence-electron chi connectivity index (χ1n) is 5.65. The minimum absolute atomic E-state index is 0.570. The molecule has 3 heteroatoms. The second-order valence-corrected chi connectivity index (χ2v) is 5.71. The zero-order chi connectivity index (χ0) is 12.3. The Morgan fingerprint density at radius 3 is 2.38 bits per heavy atom. The Morgan fingerprint density at radius 2 is 1.88 bits per heavy atom. The van der Waals surface area contributed by atoms with Crippen LogP contribution in [0.3, 0.4) is 0 Å². The Bertz CT molecular complexity index is 330. The van der Waals surface area contributed by atoms with E-state index in [2.05, 4.69) is 54.7 Å². The Kier molecular flexibility index (Phi) is 4.81. The Labute approximate surface area is 107 Å². The average Bonchev–Trinajstić information content (AvgIpc) is 2.14. The molecule has 0 bridgehead atoms. The van der Waals surface area contributed by atoms with E-state index in [-0.39, 0.29) is 0 Å². The van der Waals surface area contributed by atoms with Crippen LogP contribution < -0.4 is 5.73 Å². The van der Waals surface area contributed by atoms with Gasteiger partial charge in [0, 0.05) is 22.7 Å². The maximum atomic E-state index is 5.82. The van der Waals surface area contributed by atoms with Gasteiger partial charge in [0.15, 0.2) is 0 Å². The molecule has 0 aromatic heterocycles. The van der Waals surface area contributed by atoms with Gasteiger partial charge in [-0.05, 0) is 43.7 Å². The number of nitrogen functional groups attached to an aromatic ring is 1. The molecule has 0 amide bonds. The first kappa shape index (κ1) is 13.5. The van der Waals surface area contributed by atoms with Crippen molar-refractivity contribution < 1.29 is 0 Å². The van der Waals surface area contributed by atoms with Crippen molar-refractivity contribution in [2.24, 2.45) is 5.92 Å². The lowest BCUT2D eigenvalue weighted by Gasteiger charge is -2.28. The molecule has 0 radical (unpaired) electrons. The summed E-state index contributed by atoms with van der Waals surface area (Å²) >= 11 is 3.47. The van der Waals surface area contributed by atoms with Gasteiger partial charge in [-0.3, -0.25) is 4.90 Å². The predicted molar refractivity (Wildman–Crippen MR) is 74.3 cm³/mol. The van der Waals surface area contributed by atoms with Crippen LogP contribution in [0.5, 0.6) is 0 Å². The molecule has 90 valence electrons. The van der Waals surface area contributed by atoms with Crippen LogP contribution in [0, 0.1) is 5.92 Å². The van der Waals surface area contributed by atoms with Crippen molar-refractivity contribution in [3.63, 3.8) is 0 Å². The van der Waals surface area contributed by atoms with E-state index in [0.717, 1.165) is 16.7 Å². The van der Waals surface area contributed by atoms with E-state index in [1.54, 1.807) is 0 Å². The van der Waals surface area contributed by atoms with Gasteiger partial charge in [-0.15, -0.1) is 0 Å². The molecule has 2 N–H and O–H groups in total. The number of anilines is 1. The van der Waals surface area contributed by atoms with Gasteiger partial charge in [0.05, 0.1) is 0 Å². The van der Waals surface area contributed by atoms with E-state index in [1.807, 2.05) is 12.1 Å². The molecule has 1 unspecified atom stereocenters. The van der Waals surface area contributed by atoms with Crippen molar-refractivity contribution in [2.75, 3.05) is 12.8 Å². The lowest BCUT2D eigenvalue weighted by atomic mass is 10.0. The van der Waals surface area contributed by atoms with Crippen LogP contribution in [0.15, 0.2) is 22.7 Å². The van der Waals surface area contributed by atoms with Gasteiger partial charge >= 0.3 is 0 Å². The molecule has 0 saturated carbocycles. The van der Waals surface area contributed by atoms with Gasteiger partial charge in [-0.25, -0.2) is 0 Å². The largest absolute Gasteiger partial charge is 0.399 e. The molecular weight excluding hydrogens is 264 g/mol. The molecule has 0 aliphatic carbocycles. The molecule has 0 saturated heterocycles. The molecule has 1 aromatic rings. The fourth-order valence-electron chi connectivity index (χ4n) is 1.71. The zero-order valence-corrected chi connectivity index (χ0v) is 12.1. The molecule has 1 rings (SSSR count). The highest BCUT2D eigenvalue weighted by atomic mass is 79.9. The van der Waals surface area contributed by atoms with E-state index in [0.29, 0.717) is 12.0 Å². The van der Waals surface area contributed by atoms with Crippen LogP contribution >= 0.6 is 15.9 Å². The quantitative estimate of drug-likeness (QED) is 0.858. The monoisotopic (exact) mass is 284 g/mol. The molecule has 16 heavy (non-hydrogen) atoms. The van der Waals surface area contributed by atoms with Crippen LogP contribution in [-0.2, 0) is 6.54 Å². The summed E-state index contributed by atoms with van der Waals surface area (Å²) in [6.07, 6.45) is 0. The predicted octanol–water partition coefficient (Wildman–Crippen LogP) is 3.51. The molecule has 1 aromatic carbocycles. The third-order valence-corrected chi connectivity index (χ3v) is 3.53. The number of hydrogen-bond donors (Lipinski definition) is 1. The third kappa shape index (κ3) is 3.80. The van der Waals surface area contributed by atoms with Gasteiger partial charge in [0.1, 0.15) is 0 Å². The number of rotatable bonds is 4. The van der Waals surface area contributed by atoms with Crippen LogP contribution in [0.2, 0.25) is 0 Å². The molecular formula is C13H21BrN2. The molecule has 0 aliphatic rings. The van der Waals surface area contributed by atoms with E-state index in [4.69, 9.17) is 5.73 Å². The van der Waals surface area contributed by atoms with E-state index >= 15 is 0 Å². The highest BCUT2D eigenvalue weighted by molar-refractivity contribution is 9.10. The van der Waals surface area contributed by atoms with Crippen molar-refractivity contribution in [1.29, 1.82) is 0 Å². The van der Waals surface area contributed by atoms with Gasteiger partial charge in [0.25, 0.3) is 0 Å². The highest BCUT2D eigenvalue weighted by Crippen LogP contribution is 2.19. The summed E-state index contributed by atoms with van der Waals surface area (Å²) < 4.78 is 1.05. The van der Waals surface area contributed by atoms with Gasteiger partial charge < -0.3 is 5.73 Å². The minimum Gasteiger partial charge on any atom is -0.399 e. The van der Waals surface area contributed by atoms with Crippen molar-refractivity contribution in [1.82, 2.24) is 4.90 Å². The molecule has 2 nitrogen and oxygen atoms in total. The lowest BCUT2D eigenvalue weighted by molar-refractivity contribution is 0.200. The standard InChI is InChI=1S/C13H21BrN2/c1-9(2)10(3)16(4)8-11-5-12(14)7-13(15)6-11/h5-7,9-10H,8,15H2,1-4H3. The minimum atomic E-state index is 0.570. The topological polar surface area (TPSA) is 29.3 Å². The van der Waals surface area contributed by atoms with Crippen LogP contribution in [0.4, 0.5) is 5.69 Å². The van der Waals surface area contributed by atoms with Crippen LogP contribution in [0.25, 0.3) is 0 Å². The van der Waals surface area contributed by atoms with Gasteiger partial charge in [-0.1, -0.05) is 29.8 Å². The van der Waals surface area contributed by atoms with E-state index in [9.17, 15) is 0 Å². The molecule has 0 fully saturated rings. The maximum absolute atomic E-state index is 5.82. The summed E-state index contributed by atoms with van der Waals surface area (Å²) in [6, 6.07) is 6.66. The highest BCUT2D eigenvalue weighted by Gasteiger charge is 2.13. The first-order chi connectivity index (χ1) is 7.40. The number of hydrogen-bond acceptors (Lipinski definition) is 2. The molecule has 0 heterocycles.